The summed E-state index contributed by atoms with van der Waals surface area (Å²) in [6.45, 7) is 3.23. The monoisotopic (exact) mass is 440 g/mol. The van der Waals surface area contributed by atoms with E-state index in [2.05, 4.69) is 10.2 Å². The number of benzene rings is 1. The molecule has 3 heterocycles. The van der Waals surface area contributed by atoms with E-state index in [4.69, 9.17) is 21.1 Å². The third-order valence-corrected chi connectivity index (χ3v) is 7.52. The van der Waals surface area contributed by atoms with Crippen molar-refractivity contribution in [3.05, 3.63) is 46.7 Å². The zero-order valence-electron chi connectivity index (χ0n) is 16.1. The maximum atomic E-state index is 12.8. The molecule has 1 N–H and O–H groups in total. The number of rotatable bonds is 7. The summed E-state index contributed by atoms with van der Waals surface area (Å²) in [5.41, 5.74) is 1.87. The molecule has 1 aromatic carbocycles. The van der Waals surface area contributed by atoms with Crippen molar-refractivity contribution in [2.45, 2.75) is 18.8 Å². The molecule has 0 saturated carbocycles. The van der Waals surface area contributed by atoms with E-state index < -0.39 is 10.2 Å². The molecule has 0 amide bonds. The number of nitrogens with zero attached hydrogens (tertiary/aromatic N) is 3. The molecule has 1 unspecified atom stereocenters. The van der Waals surface area contributed by atoms with Gasteiger partial charge in [-0.3, -0.25) is 5.10 Å². The van der Waals surface area contributed by atoms with Crippen LogP contribution in [0, 0.1) is 0 Å². The lowest BCUT2D eigenvalue weighted by atomic mass is 10.0. The van der Waals surface area contributed by atoms with E-state index in [9.17, 15) is 8.42 Å². The summed E-state index contributed by atoms with van der Waals surface area (Å²) in [6.07, 6.45) is 1.45. The Hall–Kier alpha value is -1.65. The van der Waals surface area contributed by atoms with Crippen LogP contribution < -0.4 is 4.74 Å². The third kappa shape index (κ3) is 4.92. The fourth-order valence-electron chi connectivity index (χ4n) is 3.67. The van der Waals surface area contributed by atoms with Gasteiger partial charge >= 0.3 is 0 Å². The number of aromatic nitrogens is 2. The van der Waals surface area contributed by atoms with Crippen LogP contribution in [-0.4, -0.2) is 73.2 Å². The van der Waals surface area contributed by atoms with Gasteiger partial charge in [0.1, 0.15) is 5.75 Å². The summed E-state index contributed by atoms with van der Waals surface area (Å²) in [6, 6.07) is 9.31. The summed E-state index contributed by atoms with van der Waals surface area (Å²) in [5, 5.41) is 8.10. The molecule has 2 aliphatic heterocycles. The topological polar surface area (TPSA) is 87.8 Å². The molecule has 0 spiro atoms. The van der Waals surface area contributed by atoms with Crippen molar-refractivity contribution in [2.75, 3.05) is 46.0 Å². The van der Waals surface area contributed by atoms with Crippen molar-refractivity contribution in [1.82, 2.24) is 18.8 Å². The SMILES string of the molecule is O=S(=O)(N1CCOCC1)N1CCC(c2cc(CCOc3cccc(Cl)c3)[nH]n2)C1. The molecular formula is C19H25ClN4O4S. The Bertz CT molecular complexity index is 930. The molecule has 2 aliphatic rings. The molecule has 2 saturated heterocycles. The second kappa shape index (κ2) is 9.01. The minimum absolute atomic E-state index is 0.102. The molecule has 1 aromatic heterocycles. The lowest BCUT2D eigenvalue weighted by Gasteiger charge is -2.30. The molecule has 0 radical (unpaired) electrons. The van der Waals surface area contributed by atoms with Gasteiger partial charge in [-0.1, -0.05) is 17.7 Å². The lowest BCUT2D eigenvalue weighted by molar-refractivity contribution is 0.0705. The Morgan fingerprint density at radius 2 is 2.03 bits per heavy atom. The average Bonchev–Trinajstić information content (AvgIpc) is 3.39. The van der Waals surface area contributed by atoms with E-state index in [1.807, 2.05) is 18.2 Å². The number of nitrogens with one attached hydrogen (secondary N) is 1. The van der Waals surface area contributed by atoms with Gasteiger partial charge in [0.2, 0.25) is 0 Å². The van der Waals surface area contributed by atoms with E-state index >= 15 is 0 Å². The van der Waals surface area contributed by atoms with Crippen molar-refractivity contribution in [2.24, 2.45) is 0 Å². The van der Waals surface area contributed by atoms with Gasteiger partial charge in [0.15, 0.2) is 0 Å². The van der Waals surface area contributed by atoms with Crippen molar-refractivity contribution in [1.29, 1.82) is 0 Å². The van der Waals surface area contributed by atoms with Crippen LogP contribution in [0.15, 0.2) is 30.3 Å². The normalized spacial score (nSPS) is 21.5. The van der Waals surface area contributed by atoms with Crippen LogP contribution >= 0.6 is 11.6 Å². The number of halogens is 1. The van der Waals surface area contributed by atoms with Gasteiger partial charge in [-0.05, 0) is 30.7 Å². The second-order valence-electron chi connectivity index (χ2n) is 7.24. The first-order chi connectivity index (χ1) is 14.0. The molecule has 29 heavy (non-hydrogen) atoms. The van der Waals surface area contributed by atoms with Crippen LogP contribution in [0.1, 0.15) is 23.7 Å². The van der Waals surface area contributed by atoms with Gasteiger partial charge in [-0.15, -0.1) is 0 Å². The summed E-state index contributed by atoms with van der Waals surface area (Å²) < 4.78 is 39.7. The molecule has 4 rings (SSSR count). The van der Waals surface area contributed by atoms with Gasteiger partial charge in [-0.25, -0.2) is 0 Å². The summed E-state index contributed by atoms with van der Waals surface area (Å²) in [7, 11) is -3.43. The number of H-pyrrole nitrogens is 1. The Morgan fingerprint density at radius 1 is 1.21 bits per heavy atom. The lowest BCUT2D eigenvalue weighted by Crippen LogP contribution is -2.47. The van der Waals surface area contributed by atoms with E-state index in [0.29, 0.717) is 57.4 Å². The fourth-order valence-corrected chi connectivity index (χ4v) is 5.49. The third-order valence-electron chi connectivity index (χ3n) is 5.28. The molecule has 10 heteroatoms. The van der Waals surface area contributed by atoms with Gasteiger partial charge < -0.3 is 9.47 Å². The van der Waals surface area contributed by atoms with E-state index in [-0.39, 0.29) is 5.92 Å². The number of hydrogen-bond acceptors (Lipinski definition) is 5. The molecule has 8 nitrogen and oxygen atoms in total. The van der Waals surface area contributed by atoms with Crippen molar-refractivity contribution < 1.29 is 17.9 Å². The molecule has 2 aromatic rings. The molecule has 158 valence electrons. The van der Waals surface area contributed by atoms with Crippen LogP contribution in [0.5, 0.6) is 5.75 Å². The highest BCUT2D eigenvalue weighted by Crippen LogP contribution is 2.29. The van der Waals surface area contributed by atoms with Gasteiger partial charge in [0.25, 0.3) is 10.2 Å². The number of morpholine rings is 1. The van der Waals surface area contributed by atoms with E-state index in [1.165, 1.54) is 4.31 Å². The first kappa shape index (κ1) is 20.6. The molecule has 0 bridgehead atoms. The minimum atomic E-state index is -3.43. The summed E-state index contributed by atoms with van der Waals surface area (Å²) >= 11 is 5.96. The number of hydrogen-bond donors (Lipinski definition) is 1. The van der Waals surface area contributed by atoms with Crippen LogP contribution in [0.3, 0.4) is 0 Å². The largest absolute Gasteiger partial charge is 0.493 e. The van der Waals surface area contributed by atoms with E-state index in [1.54, 1.807) is 16.4 Å². The minimum Gasteiger partial charge on any atom is -0.493 e. The highest BCUT2D eigenvalue weighted by atomic mass is 35.5. The summed E-state index contributed by atoms with van der Waals surface area (Å²) in [5.74, 6) is 0.835. The molecule has 1 atom stereocenters. The maximum absolute atomic E-state index is 12.8. The van der Waals surface area contributed by atoms with Crippen LogP contribution in [0.4, 0.5) is 0 Å². The quantitative estimate of drug-likeness (QED) is 0.711. The van der Waals surface area contributed by atoms with Crippen molar-refractivity contribution in [3.63, 3.8) is 0 Å². The van der Waals surface area contributed by atoms with Crippen LogP contribution in [0.2, 0.25) is 5.02 Å². The van der Waals surface area contributed by atoms with Gasteiger partial charge in [0, 0.05) is 49.2 Å². The van der Waals surface area contributed by atoms with E-state index in [0.717, 1.165) is 23.6 Å². The smallest absolute Gasteiger partial charge is 0.282 e. The first-order valence-electron chi connectivity index (χ1n) is 9.78. The zero-order valence-corrected chi connectivity index (χ0v) is 17.7. The molecular weight excluding hydrogens is 416 g/mol. The summed E-state index contributed by atoms with van der Waals surface area (Å²) in [4.78, 5) is 0. The van der Waals surface area contributed by atoms with Crippen molar-refractivity contribution in [3.8, 4) is 5.75 Å². The predicted molar refractivity (Wildman–Crippen MR) is 109 cm³/mol. The Kier molecular flexibility index (Phi) is 6.41. The van der Waals surface area contributed by atoms with Gasteiger partial charge in [0.05, 0.1) is 25.5 Å². The Labute approximate surface area is 175 Å². The molecule has 0 aliphatic carbocycles. The van der Waals surface area contributed by atoms with Crippen molar-refractivity contribution >= 4 is 21.8 Å². The second-order valence-corrected chi connectivity index (χ2v) is 9.60. The first-order valence-corrected chi connectivity index (χ1v) is 11.6. The zero-order chi connectivity index (χ0) is 20.3. The highest BCUT2D eigenvalue weighted by molar-refractivity contribution is 7.86. The highest BCUT2D eigenvalue weighted by Gasteiger charge is 2.37. The number of aromatic amines is 1. The van der Waals surface area contributed by atoms with Gasteiger partial charge in [-0.2, -0.15) is 22.1 Å². The predicted octanol–water partition coefficient (Wildman–Crippen LogP) is 2.05. The maximum Gasteiger partial charge on any atom is 0.282 e. The Morgan fingerprint density at radius 3 is 2.83 bits per heavy atom. The van der Waals surface area contributed by atoms with Crippen LogP contribution in [-0.2, 0) is 21.4 Å². The number of ether oxygens (including phenoxy) is 2. The fraction of sp³-hybridized carbons (Fsp3) is 0.526. The average molecular weight is 441 g/mol. The molecule has 2 fully saturated rings. The van der Waals surface area contributed by atoms with Crippen LogP contribution in [0.25, 0.3) is 0 Å². The standard InChI is InChI=1S/C19H25ClN4O4S/c20-16-2-1-3-18(12-16)28-9-5-17-13-19(22-21-17)15-4-6-24(14-15)29(25,26)23-7-10-27-11-8-23/h1-3,12-13,15H,4-11,14H2,(H,21,22). The Balaban J connectivity index is 1.30.